The number of morpholine rings is 1. The number of hydrogen-bond acceptors (Lipinski definition) is 8. The van der Waals surface area contributed by atoms with E-state index in [1.54, 1.807) is 28.8 Å². The van der Waals surface area contributed by atoms with Gasteiger partial charge in [0.1, 0.15) is 4.21 Å². The number of aromatic nitrogens is 1. The average molecular weight is 563 g/mol. The molecule has 0 N–H and O–H groups in total. The maximum Gasteiger partial charge on any atom is 0.252 e. The third-order valence-corrected chi connectivity index (χ3v) is 11.7. The maximum atomic E-state index is 13.9. The Balaban J connectivity index is 1.32. The van der Waals surface area contributed by atoms with Crippen LogP contribution in [0.15, 0.2) is 33.9 Å². The molecule has 3 aromatic rings. The Hall–Kier alpha value is -1.89. The van der Waals surface area contributed by atoms with Crippen molar-refractivity contribution >= 4 is 54.0 Å². The molecular formula is C26H34N4O4S3. The van der Waals surface area contributed by atoms with Crippen LogP contribution in [0.1, 0.15) is 30.4 Å². The van der Waals surface area contributed by atoms with Crippen LogP contribution in [-0.2, 0) is 19.6 Å². The molecule has 0 atom stereocenters. The van der Waals surface area contributed by atoms with Gasteiger partial charge in [0.25, 0.3) is 10.0 Å². The van der Waals surface area contributed by atoms with Gasteiger partial charge >= 0.3 is 0 Å². The van der Waals surface area contributed by atoms with Gasteiger partial charge in [-0.2, -0.15) is 4.31 Å². The van der Waals surface area contributed by atoms with E-state index in [-0.39, 0.29) is 11.8 Å². The minimum atomic E-state index is -3.49. The lowest BCUT2D eigenvalue weighted by atomic mass is 9.96. The van der Waals surface area contributed by atoms with Gasteiger partial charge in [-0.05, 0) is 61.7 Å². The molecule has 1 aromatic carbocycles. The minimum absolute atomic E-state index is 0.0589. The summed E-state index contributed by atoms with van der Waals surface area (Å²) in [5.41, 5.74) is 3.26. The second kappa shape index (κ2) is 11.5. The Labute approximate surface area is 226 Å². The lowest BCUT2D eigenvalue weighted by molar-refractivity contribution is -0.123. The largest absolute Gasteiger partial charge is 0.379 e. The van der Waals surface area contributed by atoms with Crippen molar-refractivity contribution < 1.29 is 17.9 Å². The highest BCUT2D eigenvalue weighted by Crippen LogP contribution is 2.34. The Morgan fingerprint density at radius 2 is 1.92 bits per heavy atom. The van der Waals surface area contributed by atoms with Gasteiger partial charge < -0.3 is 4.74 Å². The van der Waals surface area contributed by atoms with Crippen molar-refractivity contribution in [1.29, 1.82) is 0 Å². The van der Waals surface area contributed by atoms with Crippen molar-refractivity contribution in [2.24, 2.45) is 5.92 Å². The third kappa shape index (κ3) is 5.91. The lowest BCUT2D eigenvalue weighted by Gasteiger charge is -2.33. The number of fused-ring (bicyclic) bond motifs is 1. The predicted octanol–water partition coefficient (Wildman–Crippen LogP) is 4.13. The minimum Gasteiger partial charge on any atom is -0.379 e. The molecule has 0 saturated carbocycles. The molecule has 2 aliphatic heterocycles. The van der Waals surface area contributed by atoms with Crippen LogP contribution < -0.4 is 4.90 Å². The monoisotopic (exact) mass is 562 g/mol. The number of thiazole rings is 1. The van der Waals surface area contributed by atoms with Gasteiger partial charge in [0.2, 0.25) is 5.91 Å². The summed E-state index contributed by atoms with van der Waals surface area (Å²) in [6, 6.07) is 7.62. The topological polar surface area (TPSA) is 83.0 Å². The summed E-state index contributed by atoms with van der Waals surface area (Å²) in [5, 5.41) is 2.52. The first-order valence-corrected chi connectivity index (χ1v) is 16.0. The van der Waals surface area contributed by atoms with Crippen molar-refractivity contribution in [3.63, 3.8) is 0 Å². The standard InChI is InChI=1S/C26H34N4O4S3/c1-19-17-20(2)24-22(18-19)27-26(36-24)30(9-4-8-28-12-14-34-15-13-28)25(31)21-6-10-29(11-7-21)37(32,33)23-5-3-16-35-23/h3,5,16-18,21H,4,6-15H2,1-2H3. The summed E-state index contributed by atoms with van der Waals surface area (Å²) in [4.78, 5) is 23.0. The van der Waals surface area contributed by atoms with Crippen molar-refractivity contribution in [3.8, 4) is 0 Å². The molecule has 37 heavy (non-hydrogen) atoms. The molecule has 11 heteroatoms. The molecule has 2 fully saturated rings. The summed E-state index contributed by atoms with van der Waals surface area (Å²) in [6.07, 6.45) is 1.89. The lowest BCUT2D eigenvalue weighted by Crippen LogP contribution is -2.45. The van der Waals surface area contributed by atoms with E-state index in [2.05, 4.69) is 30.9 Å². The van der Waals surface area contributed by atoms with Crippen LogP contribution in [0.25, 0.3) is 10.2 Å². The fourth-order valence-electron chi connectivity index (χ4n) is 5.16. The number of carbonyl (C=O) groups is 1. The number of piperidine rings is 1. The molecule has 0 unspecified atom stereocenters. The first-order chi connectivity index (χ1) is 17.8. The van der Waals surface area contributed by atoms with Crippen molar-refractivity contribution in [1.82, 2.24) is 14.2 Å². The summed E-state index contributed by atoms with van der Waals surface area (Å²) < 4.78 is 34.4. The van der Waals surface area contributed by atoms with Crippen LogP contribution in [0, 0.1) is 19.8 Å². The Morgan fingerprint density at radius 1 is 1.16 bits per heavy atom. The third-order valence-electron chi connectivity index (χ3n) is 7.16. The van der Waals surface area contributed by atoms with Gasteiger partial charge in [0.15, 0.2) is 5.13 Å². The van der Waals surface area contributed by atoms with Gasteiger partial charge in [-0.25, -0.2) is 13.4 Å². The summed E-state index contributed by atoms with van der Waals surface area (Å²) >= 11 is 2.81. The van der Waals surface area contributed by atoms with E-state index in [0.717, 1.165) is 60.2 Å². The second-order valence-corrected chi connectivity index (χ2v) is 13.9. The van der Waals surface area contributed by atoms with Crippen molar-refractivity contribution in [3.05, 3.63) is 40.8 Å². The fourth-order valence-corrected chi connectivity index (χ4v) is 8.82. The van der Waals surface area contributed by atoms with Gasteiger partial charge in [-0.15, -0.1) is 11.3 Å². The summed E-state index contributed by atoms with van der Waals surface area (Å²) in [5.74, 6) is -0.156. The van der Waals surface area contributed by atoms with E-state index >= 15 is 0 Å². The van der Waals surface area contributed by atoms with Crippen LogP contribution in [0.5, 0.6) is 0 Å². The first kappa shape index (κ1) is 26.7. The molecule has 0 spiro atoms. The normalized spacial score (nSPS) is 18.4. The van der Waals surface area contributed by atoms with Gasteiger partial charge in [0, 0.05) is 45.2 Å². The molecule has 2 aliphatic rings. The zero-order valence-corrected chi connectivity index (χ0v) is 23.8. The van der Waals surface area contributed by atoms with Crippen LogP contribution in [0.4, 0.5) is 5.13 Å². The molecule has 2 saturated heterocycles. The SMILES string of the molecule is Cc1cc(C)c2sc(N(CCCN3CCOCC3)C(=O)C3CCN(S(=O)(=O)c4cccs4)CC3)nc2c1. The van der Waals surface area contributed by atoms with Crippen molar-refractivity contribution in [2.45, 2.75) is 37.3 Å². The molecule has 8 nitrogen and oxygen atoms in total. The number of sulfonamides is 1. The highest BCUT2D eigenvalue weighted by Gasteiger charge is 2.35. The van der Waals surface area contributed by atoms with Crippen molar-refractivity contribution in [2.75, 3.05) is 57.4 Å². The number of hydrogen-bond donors (Lipinski definition) is 0. The molecule has 0 bridgehead atoms. The molecule has 2 aromatic heterocycles. The molecular weight excluding hydrogens is 529 g/mol. The van der Waals surface area contributed by atoms with Crippen LogP contribution in [0.3, 0.4) is 0 Å². The molecule has 1 amide bonds. The van der Waals surface area contributed by atoms with E-state index in [1.807, 2.05) is 4.90 Å². The smallest absolute Gasteiger partial charge is 0.252 e. The number of anilines is 1. The Bertz CT molecular complexity index is 1330. The van der Waals surface area contributed by atoms with E-state index in [0.29, 0.717) is 36.7 Å². The number of carbonyl (C=O) groups excluding carboxylic acids is 1. The first-order valence-electron chi connectivity index (χ1n) is 12.9. The fraction of sp³-hybridized carbons (Fsp3) is 0.538. The van der Waals surface area contributed by atoms with E-state index in [9.17, 15) is 13.2 Å². The van der Waals surface area contributed by atoms with Gasteiger partial charge in [-0.1, -0.05) is 23.5 Å². The molecule has 4 heterocycles. The second-order valence-electron chi connectivity index (χ2n) is 9.83. The van der Waals surface area contributed by atoms with E-state index in [1.165, 1.54) is 21.2 Å². The number of nitrogens with zero attached hydrogens (tertiary/aromatic N) is 4. The number of aryl methyl sites for hydroxylation is 2. The van der Waals surface area contributed by atoms with E-state index < -0.39 is 10.0 Å². The highest BCUT2D eigenvalue weighted by molar-refractivity contribution is 7.91. The quantitative estimate of drug-likeness (QED) is 0.411. The number of benzene rings is 1. The Morgan fingerprint density at radius 3 is 2.62 bits per heavy atom. The zero-order valence-electron chi connectivity index (χ0n) is 21.4. The van der Waals surface area contributed by atoms with Crippen LogP contribution >= 0.6 is 22.7 Å². The Kier molecular flexibility index (Phi) is 8.28. The number of rotatable bonds is 8. The molecule has 200 valence electrons. The van der Waals surface area contributed by atoms with Gasteiger partial charge in [0.05, 0.1) is 23.4 Å². The molecule has 0 aliphatic carbocycles. The predicted molar refractivity (Wildman–Crippen MR) is 149 cm³/mol. The molecule has 0 radical (unpaired) electrons. The summed E-state index contributed by atoms with van der Waals surface area (Å²) in [6.45, 7) is 9.73. The summed E-state index contributed by atoms with van der Waals surface area (Å²) in [7, 11) is -3.49. The number of ether oxygens (including phenoxy) is 1. The van der Waals surface area contributed by atoms with Gasteiger partial charge in [-0.3, -0.25) is 14.6 Å². The number of thiophene rings is 1. The highest BCUT2D eigenvalue weighted by atomic mass is 32.2. The molecule has 5 rings (SSSR count). The van der Waals surface area contributed by atoms with E-state index in [4.69, 9.17) is 9.72 Å². The average Bonchev–Trinajstić information content (AvgIpc) is 3.58. The number of amides is 1. The maximum absolute atomic E-state index is 13.9. The zero-order chi connectivity index (χ0) is 26.0. The van der Waals surface area contributed by atoms with Crippen LogP contribution in [-0.4, -0.2) is 81.0 Å². The van der Waals surface area contributed by atoms with Crippen LogP contribution in [0.2, 0.25) is 0 Å².